The molecule has 0 saturated carbocycles. The van der Waals surface area contributed by atoms with E-state index in [1.165, 1.54) is 6.42 Å². The second-order valence-electron chi connectivity index (χ2n) is 6.27. The summed E-state index contributed by atoms with van der Waals surface area (Å²) in [6, 6.07) is 9.62. The van der Waals surface area contributed by atoms with E-state index in [2.05, 4.69) is 6.92 Å². The first-order valence-corrected chi connectivity index (χ1v) is 7.79. The van der Waals surface area contributed by atoms with Gasteiger partial charge in [0.05, 0.1) is 5.92 Å². The number of piperidine rings is 1. The van der Waals surface area contributed by atoms with E-state index in [0.717, 1.165) is 25.2 Å². The molecule has 2 aliphatic rings. The molecule has 112 valence electrons. The molecule has 0 aromatic heterocycles. The molecule has 21 heavy (non-hydrogen) atoms. The van der Waals surface area contributed by atoms with Crippen LogP contribution in [0.15, 0.2) is 30.3 Å². The minimum atomic E-state index is -0.178. The van der Waals surface area contributed by atoms with Crippen molar-refractivity contribution in [1.29, 1.82) is 0 Å². The van der Waals surface area contributed by atoms with Crippen molar-refractivity contribution in [2.75, 3.05) is 24.5 Å². The number of benzene rings is 1. The Hall–Kier alpha value is -1.84. The van der Waals surface area contributed by atoms with Crippen LogP contribution in [0.5, 0.6) is 0 Å². The fourth-order valence-corrected chi connectivity index (χ4v) is 3.38. The lowest BCUT2D eigenvalue weighted by Gasteiger charge is -2.32. The van der Waals surface area contributed by atoms with E-state index in [1.807, 2.05) is 35.2 Å². The minimum absolute atomic E-state index is 0.0598. The van der Waals surface area contributed by atoms with Crippen LogP contribution in [0.2, 0.25) is 0 Å². The smallest absolute Gasteiger partial charge is 0.228 e. The third-order valence-electron chi connectivity index (χ3n) is 4.51. The van der Waals surface area contributed by atoms with E-state index < -0.39 is 0 Å². The third kappa shape index (κ3) is 2.94. The number of rotatable bonds is 2. The number of hydrogen-bond donors (Lipinski definition) is 0. The molecule has 2 amide bonds. The van der Waals surface area contributed by atoms with Gasteiger partial charge in [-0.1, -0.05) is 25.1 Å². The lowest BCUT2D eigenvalue weighted by molar-refractivity contribution is -0.137. The molecular weight excluding hydrogens is 264 g/mol. The number of anilines is 1. The number of hydrogen-bond acceptors (Lipinski definition) is 2. The molecule has 1 aromatic rings. The van der Waals surface area contributed by atoms with Gasteiger partial charge in [0, 0.05) is 31.7 Å². The molecule has 2 heterocycles. The maximum absolute atomic E-state index is 12.6. The summed E-state index contributed by atoms with van der Waals surface area (Å²) in [5.74, 6) is 0.617. The number of likely N-dealkylation sites (tertiary alicyclic amines) is 1. The van der Waals surface area contributed by atoms with Gasteiger partial charge in [-0.25, -0.2) is 0 Å². The Balaban J connectivity index is 1.68. The summed E-state index contributed by atoms with van der Waals surface area (Å²) in [6.07, 6.45) is 2.62. The van der Waals surface area contributed by atoms with Crippen molar-refractivity contribution in [3.8, 4) is 0 Å². The van der Waals surface area contributed by atoms with Gasteiger partial charge in [-0.2, -0.15) is 0 Å². The Labute approximate surface area is 125 Å². The van der Waals surface area contributed by atoms with Gasteiger partial charge >= 0.3 is 0 Å². The molecular formula is C17H22N2O2. The lowest BCUT2D eigenvalue weighted by Crippen LogP contribution is -2.43. The van der Waals surface area contributed by atoms with E-state index in [-0.39, 0.29) is 17.7 Å². The first-order valence-electron chi connectivity index (χ1n) is 7.79. The zero-order chi connectivity index (χ0) is 14.8. The normalized spacial score (nSPS) is 26.2. The second kappa shape index (κ2) is 5.88. The molecule has 0 unspecified atom stereocenters. The summed E-state index contributed by atoms with van der Waals surface area (Å²) in [6.45, 7) is 4.40. The van der Waals surface area contributed by atoms with Crippen molar-refractivity contribution >= 4 is 17.5 Å². The molecule has 0 N–H and O–H groups in total. The van der Waals surface area contributed by atoms with Crippen molar-refractivity contribution in [3.63, 3.8) is 0 Å². The van der Waals surface area contributed by atoms with Crippen LogP contribution < -0.4 is 4.90 Å². The van der Waals surface area contributed by atoms with E-state index >= 15 is 0 Å². The SMILES string of the molecule is C[C@H]1CCCN(C(=O)[C@H]2CC(=O)N(c3ccccc3)C2)C1. The van der Waals surface area contributed by atoms with Gasteiger partial charge in [-0.3, -0.25) is 9.59 Å². The highest BCUT2D eigenvalue weighted by molar-refractivity contribution is 6.00. The van der Waals surface area contributed by atoms with Gasteiger partial charge in [0.25, 0.3) is 0 Å². The van der Waals surface area contributed by atoms with E-state index in [1.54, 1.807) is 4.90 Å². The quantitative estimate of drug-likeness (QED) is 0.837. The molecule has 0 radical (unpaired) electrons. The van der Waals surface area contributed by atoms with Crippen molar-refractivity contribution in [1.82, 2.24) is 4.90 Å². The Morgan fingerprint density at radius 3 is 2.67 bits per heavy atom. The lowest BCUT2D eigenvalue weighted by atomic mass is 9.98. The largest absolute Gasteiger partial charge is 0.342 e. The predicted octanol–water partition coefficient (Wildman–Crippen LogP) is 2.30. The predicted molar refractivity (Wildman–Crippen MR) is 81.9 cm³/mol. The molecule has 4 heteroatoms. The zero-order valence-corrected chi connectivity index (χ0v) is 12.5. The first kappa shape index (κ1) is 14.1. The average Bonchev–Trinajstić information content (AvgIpc) is 2.89. The molecule has 4 nitrogen and oxygen atoms in total. The monoisotopic (exact) mass is 286 g/mol. The van der Waals surface area contributed by atoms with Crippen LogP contribution in [0.1, 0.15) is 26.2 Å². The fourth-order valence-electron chi connectivity index (χ4n) is 3.38. The second-order valence-corrected chi connectivity index (χ2v) is 6.27. The van der Waals surface area contributed by atoms with Gasteiger partial charge in [-0.05, 0) is 30.9 Å². The number of nitrogens with zero attached hydrogens (tertiary/aromatic N) is 2. The van der Waals surface area contributed by atoms with Crippen LogP contribution in [0.25, 0.3) is 0 Å². The molecule has 3 rings (SSSR count). The Kier molecular flexibility index (Phi) is 3.95. The number of para-hydroxylation sites is 1. The van der Waals surface area contributed by atoms with Gasteiger partial charge in [0.1, 0.15) is 0 Å². The number of carbonyl (C=O) groups is 2. The molecule has 0 aliphatic carbocycles. The van der Waals surface area contributed by atoms with Crippen molar-refractivity contribution in [2.45, 2.75) is 26.2 Å². The number of amides is 2. The summed E-state index contributed by atoms with van der Waals surface area (Å²) in [5.41, 5.74) is 0.893. The summed E-state index contributed by atoms with van der Waals surface area (Å²) in [5, 5.41) is 0. The highest BCUT2D eigenvalue weighted by Gasteiger charge is 2.37. The van der Waals surface area contributed by atoms with Crippen molar-refractivity contribution in [3.05, 3.63) is 30.3 Å². The van der Waals surface area contributed by atoms with Crippen LogP contribution in [-0.4, -0.2) is 36.3 Å². The standard InChI is InChI=1S/C17H22N2O2/c1-13-6-5-9-18(11-13)17(21)14-10-16(20)19(12-14)15-7-3-2-4-8-15/h2-4,7-8,13-14H,5-6,9-12H2,1H3/t13-,14-/m0/s1. The van der Waals surface area contributed by atoms with E-state index in [9.17, 15) is 9.59 Å². The van der Waals surface area contributed by atoms with Crippen LogP contribution in [-0.2, 0) is 9.59 Å². The van der Waals surface area contributed by atoms with Crippen LogP contribution >= 0.6 is 0 Å². The molecule has 2 aliphatic heterocycles. The van der Waals surface area contributed by atoms with Gasteiger partial charge in [0.2, 0.25) is 11.8 Å². The van der Waals surface area contributed by atoms with Gasteiger partial charge in [-0.15, -0.1) is 0 Å². The molecule has 2 fully saturated rings. The fraction of sp³-hybridized carbons (Fsp3) is 0.529. The molecule has 2 atom stereocenters. The van der Waals surface area contributed by atoms with E-state index in [0.29, 0.717) is 18.9 Å². The molecule has 0 bridgehead atoms. The maximum atomic E-state index is 12.6. The Morgan fingerprint density at radius 2 is 1.95 bits per heavy atom. The van der Waals surface area contributed by atoms with E-state index in [4.69, 9.17) is 0 Å². The maximum Gasteiger partial charge on any atom is 0.228 e. The average molecular weight is 286 g/mol. The summed E-state index contributed by atoms with van der Waals surface area (Å²) < 4.78 is 0. The minimum Gasteiger partial charge on any atom is -0.342 e. The molecule has 0 spiro atoms. The topological polar surface area (TPSA) is 40.6 Å². The Morgan fingerprint density at radius 1 is 1.19 bits per heavy atom. The summed E-state index contributed by atoms with van der Waals surface area (Å²) >= 11 is 0. The highest BCUT2D eigenvalue weighted by atomic mass is 16.2. The number of carbonyl (C=O) groups excluding carboxylic acids is 2. The Bertz CT molecular complexity index is 529. The molecule has 1 aromatic carbocycles. The third-order valence-corrected chi connectivity index (χ3v) is 4.51. The summed E-state index contributed by atoms with van der Waals surface area (Å²) in [7, 11) is 0. The van der Waals surface area contributed by atoms with Crippen LogP contribution in [0.4, 0.5) is 5.69 Å². The zero-order valence-electron chi connectivity index (χ0n) is 12.5. The molecule has 2 saturated heterocycles. The first-order chi connectivity index (χ1) is 10.1. The van der Waals surface area contributed by atoms with Gasteiger partial charge in [0.15, 0.2) is 0 Å². The van der Waals surface area contributed by atoms with Gasteiger partial charge < -0.3 is 9.80 Å². The highest BCUT2D eigenvalue weighted by Crippen LogP contribution is 2.27. The van der Waals surface area contributed by atoms with Crippen LogP contribution in [0, 0.1) is 11.8 Å². The van der Waals surface area contributed by atoms with Crippen molar-refractivity contribution in [2.24, 2.45) is 11.8 Å². The summed E-state index contributed by atoms with van der Waals surface area (Å²) in [4.78, 5) is 28.5. The van der Waals surface area contributed by atoms with Crippen LogP contribution in [0.3, 0.4) is 0 Å². The van der Waals surface area contributed by atoms with Crippen molar-refractivity contribution < 1.29 is 9.59 Å².